The van der Waals surface area contributed by atoms with Crippen molar-refractivity contribution in [1.82, 2.24) is 9.55 Å². The summed E-state index contributed by atoms with van der Waals surface area (Å²) >= 11 is 0. The van der Waals surface area contributed by atoms with Crippen molar-refractivity contribution in [3.8, 4) is 11.5 Å². The van der Waals surface area contributed by atoms with Crippen LogP contribution in [0.15, 0.2) is 72.8 Å². The van der Waals surface area contributed by atoms with Crippen molar-refractivity contribution >= 4 is 11.0 Å². The Kier molecular flexibility index (Phi) is 6.03. The second-order valence-electron chi connectivity index (χ2n) is 7.84. The van der Waals surface area contributed by atoms with E-state index in [1.54, 1.807) is 0 Å². The van der Waals surface area contributed by atoms with E-state index in [2.05, 4.69) is 55.7 Å². The minimum atomic E-state index is 0.417. The van der Waals surface area contributed by atoms with Crippen LogP contribution < -0.4 is 9.47 Å². The molecule has 4 nitrogen and oxygen atoms in total. The molecule has 0 amide bonds. The summed E-state index contributed by atoms with van der Waals surface area (Å²) in [6, 6.07) is 24.6. The van der Waals surface area contributed by atoms with Gasteiger partial charge in [-0.05, 0) is 54.8 Å². The van der Waals surface area contributed by atoms with Crippen LogP contribution in [-0.2, 0) is 13.2 Å². The number of aryl methyl sites for hydroxylation is 1. The van der Waals surface area contributed by atoms with E-state index in [-0.39, 0.29) is 0 Å². The summed E-state index contributed by atoms with van der Waals surface area (Å²) in [5.74, 6) is 3.16. The van der Waals surface area contributed by atoms with Crippen LogP contribution in [0.4, 0.5) is 0 Å². The molecule has 1 aromatic heterocycles. The molecule has 0 aliphatic heterocycles. The van der Waals surface area contributed by atoms with Gasteiger partial charge in [-0.1, -0.05) is 55.8 Å². The summed E-state index contributed by atoms with van der Waals surface area (Å²) in [6.07, 6.45) is 0. The van der Waals surface area contributed by atoms with Crippen LogP contribution >= 0.6 is 0 Å². The van der Waals surface area contributed by atoms with Crippen LogP contribution in [0.2, 0.25) is 0 Å². The first kappa shape index (κ1) is 20.0. The summed E-state index contributed by atoms with van der Waals surface area (Å²) in [7, 11) is 0. The number of hydrogen-bond acceptors (Lipinski definition) is 3. The first-order valence-electron chi connectivity index (χ1n) is 10.5. The van der Waals surface area contributed by atoms with Gasteiger partial charge in [0, 0.05) is 0 Å². The Bertz CT molecular complexity index is 1100. The number of imidazole rings is 1. The third-order valence-electron chi connectivity index (χ3n) is 5.25. The summed E-state index contributed by atoms with van der Waals surface area (Å²) in [5.41, 5.74) is 4.60. The van der Waals surface area contributed by atoms with E-state index < -0.39 is 0 Å². The number of para-hydroxylation sites is 2. The molecule has 1 heterocycles. The molecule has 3 aromatic carbocycles. The molecule has 0 aliphatic carbocycles. The minimum absolute atomic E-state index is 0.417. The predicted molar refractivity (Wildman–Crippen MR) is 121 cm³/mol. The summed E-state index contributed by atoms with van der Waals surface area (Å²) in [6.45, 7) is 8.15. The van der Waals surface area contributed by atoms with Crippen LogP contribution in [0, 0.1) is 6.92 Å². The standard InChI is InChI=1S/C26H28N2O2/c1-19(2)21-10-14-22(15-11-21)29-17-16-28-25-7-5-4-6-24(25)27-26(28)18-30-23-12-8-20(3)9-13-23/h4-15,19H,16-18H2,1-3H3. The summed E-state index contributed by atoms with van der Waals surface area (Å²) < 4.78 is 14.2. The molecule has 0 unspecified atom stereocenters. The van der Waals surface area contributed by atoms with Gasteiger partial charge in [0.1, 0.15) is 30.5 Å². The zero-order chi connectivity index (χ0) is 20.9. The molecule has 0 N–H and O–H groups in total. The largest absolute Gasteiger partial charge is 0.492 e. The molecular weight excluding hydrogens is 372 g/mol. The first-order chi connectivity index (χ1) is 14.6. The van der Waals surface area contributed by atoms with Gasteiger partial charge in [-0.2, -0.15) is 0 Å². The second kappa shape index (κ2) is 9.04. The number of ether oxygens (including phenoxy) is 2. The molecule has 30 heavy (non-hydrogen) atoms. The molecule has 4 heteroatoms. The molecule has 0 bridgehead atoms. The highest BCUT2D eigenvalue weighted by atomic mass is 16.5. The number of fused-ring (bicyclic) bond motifs is 1. The molecular formula is C26H28N2O2. The highest BCUT2D eigenvalue weighted by Crippen LogP contribution is 2.21. The topological polar surface area (TPSA) is 36.3 Å². The Morgan fingerprint density at radius 3 is 2.23 bits per heavy atom. The Morgan fingerprint density at radius 2 is 1.50 bits per heavy atom. The van der Waals surface area contributed by atoms with E-state index in [0.717, 1.165) is 28.4 Å². The maximum absolute atomic E-state index is 6.00. The zero-order valence-corrected chi connectivity index (χ0v) is 17.8. The van der Waals surface area contributed by atoms with E-state index in [1.165, 1.54) is 11.1 Å². The lowest BCUT2D eigenvalue weighted by Gasteiger charge is -2.12. The molecule has 0 radical (unpaired) electrons. The van der Waals surface area contributed by atoms with Crippen molar-refractivity contribution in [2.45, 2.75) is 39.8 Å². The van der Waals surface area contributed by atoms with Crippen molar-refractivity contribution in [1.29, 1.82) is 0 Å². The quantitative estimate of drug-likeness (QED) is 0.357. The van der Waals surface area contributed by atoms with Gasteiger partial charge in [0.15, 0.2) is 0 Å². The average Bonchev–Trinajstić information content (AvgIpc) is 3.11. The number of nitrogens with zero attached hydrogens (tertiary/aromatic N) is 2. The average molecular weight is 401 g/mol. The fourth-order valence-corrected chi connectivity index (χ4v) is 3.47. The predicted octanol–water partition coefficient (Wildman–Crippen LogP) is 6.13. The van der Waals surface area contributed by atoms with E-state index in [1.807, 2.05) is 42.5 Å². The van der Waals surface area contributed by atoms with Gasteiger partial charge in [0.05, 0.1) is 17.6 Å². The van der Waals surface area contributed by atoms with Crippen molar-refractivity contribution < 1.29 is 9.47 Å². The molecule has 4 aromatic rings. The highest BCUT2D eigenvalue weighted by Gasteiger charge is 2.11. The van der Waals surface area contributed by atoms with Crippen LogP contribution in [0.3, 0.4) is 0 Å². The fourth-order valence-electron chi connectivity index (χ4n) is 3.47. The van der Waals surface area contributed by atoms with Gasteiger partial charge < -0.3 is 14.0 Å². The SMILES string of the molecule is Cc1ccc(OCc2nc3ccccc3n2CCOc2ccc(C(C)C)cc2)cc1. The van der Waals surface area contributed by atoms with Crippen LogP contribution in [0.5, 0.6) is 11.5 Å². The molecule has 0 fully saturated rings. The smallest absolute Gasteiger partial charge is 0.148 e. The Labute approximate surface area is 178 Å². The number of aromatic nitrogens is 2. The van der Waals surface area contributed by atoms with E-state index >= 15 is 0 Å². The van der Waals surface area contributed by atoms with Crippen LogP contribution in [0.1, 0.15) is 36.7 Å². The maximum atomic E-state index is 6.00. The normalized spacial score (nSPS) is 11.2. The summed E-state index contributed by atoms with van der Waals surface area (Å²) in [5, 5.41) is 0. The van der Waals surface area contributed by atoms with Crippen LogP contribution in [-0.4, -0.2) is 16.2 Å². The fraction of sp³-hybridized carbons (Fsp3) is 0.269. The third-order valence-corrected chi connectivity index (χ3v) is 5.25. The molecule has 0 saturated carbocycles. The van der Waals surface area contributed by atoms with Crippen molar-refractivity contribution in [2.24, 2.45) is 0 Å². The van der Waals surface area contributed by atoms with Gasteiger partial charge in [-0.3, -0.25) is 0 Å². The lowest BCUT2D eigenvalue weighted by atomic mass is 10.0. The number of hydrogen-bond donors (Lipinski definition) is 0. The van der Waals surface area contributed by atoms with Gasteiger partial charge in [0.2, 0.25) is 0 Å². The van der Waals surface area contributed by atoms with Gasteiger partial charge in [-0.25, -0.2) is 4.98 Å². The van der Waals surface area contributed by atoms with Crippen LogP contribution in [0.25, 0.3) is 11.0 Å². The van der Waals surface area contributed by atoms with Gasteiger partial charge in [0.25, 0.3) is 0 Å². The van der Waals surface area contributed by atoms with Crippen molar-refractivity contribution in [3.05, 3.63) is 89.7 Å². The van der Waals surface area contributed by atoms with Crippen molar-refractivity contribution in [3.63, 3.8) is 0 Å². The molecule has 4 rings (SSSR count). The molecule has 0 spiro atoms. The lowest BCUT2D eigenvalue weighted by molar-refractivity contribution is 0.272. The van der Waals surface area contributed by atoms with Crippen molar-refractivity contribution in [2.75, 3.05) is 6.61 Å². The Hall–Kier alpha value is -3.27. The first-order valence-corrected chi connectivity index (χ1v) is 10.5. The molecule has 0 saturated heterocycles. The summed E-state index contributed by atoms with van der Waals surface area (Å²) in [4.78, 5) is 4.78. The number of benzene rings is 3. The maximum Gasteiger partial charge on any atom is 0.148 e. The van der Waals surface area contributed by atoms with E-state index in [9.17, 15) is 0 Å². The lowest BCUT2D eigenvalue weighted by Crippen LogP contribution is -2.13. The third kappa shape index (κ3) is 4.65. The molecule has 0 atom stereocenters. The Morgan fingerprint density at radius 1 is 0.833 bits per heavy atom. The van der Waals surface area contributed by atoms with E-state index in [4.69, 9.17) is 14.5 Å². The Balaban J connectivity index is 1.46. The second-order valence-corrected chi connectivity index (χ2v) is 7.84. The zero-order valence-electron chi connectivity index (χ0n) is 17.8. The molecule has 154 valence electrons. The van der Waals surface area contributed by atoms with E-state index in [0.29, 0.717) is 25.7 Å². The van der Waals surface area contributed by atoms with Gasteiger partial charge >= 0.3 is 0 Å². The number of rotatable bonds is 8. The minimum Gasteiger partial charge on any atom is -0.492 e. The monoisotopic (exact) mass is 400 g/mol. The molecule has 0 aliphatic rings. The highest BCUT2D eigenvalue weighted by molar-refractivity contribution is 5.75. The van der Waals surface area contributed by atoms with Gasteiger partial charge in [-0.15, -0.1) is 0 Å².